The summed E-state index contributed by atoms with van der Waals surface area (Å²) in [5.41, 5.74) is 9.24. The third-order valence-electron chi connectivity index (χ3n) is 6.50. The van der Waals surface area contributed by atoms with Crippen LogP contribution < -0.4 is 5.32 Å². The second-order valence-corrected chi connectivity index (χ2v) is 8.94. The van der Waals surface area contributed by atoms with E-state index in [9.17, 15) is 4.79 Å². The van der Waals surface area contributed by atoms with Gasteiger partial charge in [-0.25, -0.2) is 4.79 Å². The summed E-state index contributed by atoms with van der Waals surface area (Å²) in [6.45, 7) is 4.39. The Morgan fingerprint density at radius 2 is 1.50 bits per heavy atom. The normalized spacial score (nSPS) is 13.1. The Kier molecular flexibility index (Phi) is 6.13. The molecule has 0 bridgehead atoms. The number of fused-ring (bicyclic) bond motifs is 3. The Labute approximate surface area is 200 Å². The number of rotatable bonds is 6. The van der Waals surface area contributed by atoms with Gasteiger partial charge in [-0.2, -0.15) is 0 Å². The van der Waals surface area contributed by atoms with Gasteiger partial charge in [-0.1, -0.05) is 78.9 Å². The lowest BCUT2D eigenvalue weighted by Crippen LogP contribution is -2.35. The van der Waals surface area contributed by atoms with Crippen molar-refractivity contribution in [1.82, 2.24) is 10.3 Å². The number of alkyl carbamates (subject to hydrolysis) is 1. The molecule has 34 heavy (non-hydrogen) atoms. The van der Waals surface area contributed by atoms with Crippen LogP contribution in [0.3, 0.4) is 0 Å². The van der Waals surface area contributed by atoms with Crippen LogP contribution in [-0.4, -0.2) is 23.7 Å². The molecule has 4 nitrogen and oxygen atoms in total. The molecular formula is C30H28N2O2. The smallest absolute Gasteiger partial charge is 0.407 e. The number of aromatic nitrogens is 1. The molecule has 4 heteroatoms. The summed E-state index contributed by atoms with van der Waals surface area (Å²) in [6, 6.07) is 29.0. The zero-order valence-corrected chi connectivity index (χ0v) is 19.5. The lowest BCUT2D eigenvalue weighted by Gasteiger charge is -2.17. The number of ether oxygens (including phenoxy) is 1. The minimum absolute atomic E-state index is 0.0617. The summed E-state index contributed by atoms with van der Waals surface area (Å²) in [5, 5.41) is 2.97. The lowest BCUT2D eigenvalue weighted by atomic mass is 9.98. The topological polar surface area (TPSA) is 51.2 Å². The largest absolute Gasteiger partial charge is 0.449 e. The van der Waals surface area contributed by atoms with Crippen molar-refractivity contribution in [3.8, 4) is 22.4 Å². The first-order chi connectivity index (χ1) is 16.6. The second kappa shape index (κ2) is 9.52. The molecular weight excluding hydrogens is 420 g/mol. The first-order valence-corrected chi connectivity index (χ1v) is 11.7. The third kappa shape index (κ3) is 4.44. The lowest BCUT2D eigenvalue weighted by molar-refractivity contribution is 0.139. The van der Waals surface area contributed by atoms with Crippen LogP contribution in [0.1, 0.15) is 35.1 Å². The number of nitrogens with zero attached hydrogens (tertiary/aromatic N) is 1. The van der Waals surface area contributed by atoms with Gasteiger partial charge in [0.05, 0.1) is 5.69 Å². The van der Waals surface area contributed by atoms with Gasteiger partial charge in [-0.05, 0) is 59.7 Å². The number of benzene rings is 3. The molecule has 0 aliphatic heterocycles. The summed E-state index contributed by atoms with van der Waals surface area (Å²) in [5.74, 6) is 0.0617. The molecule has 1 amide bonds. The standard InChI is InChI=1S/C30H28N2O2/c1-20-9-3-4-10-23(20)29-16-15-22(18-31-29)17-21(2)32-30(33)34-19-28-26-13-7-5-11-24(26)25-12-6-8-14-27(25)28/h3-16,18,21,28H,17,19H2,1-2H3,(H,32,33)/t21-/m1/s1. The van der Waals surface area contributed by atoms with E-state index in [2.05, 4.69) is 71.8 Å². The average Bonchev–Trinajstić information content (AvgIpc) is 3.17. The molecule has 0 fully saturated rings. The highest BCUT2D eigenvalue weighted by Gasteiger charge is 2.29. The van der Waals surface area contributed by atoms with Crippen LogP contribution in [0.15, 0.2) is 91.1 Å². The van der Waals surface area contributed by atoms with Gasteiger partial charge in [0.15, 0.2) is 0 Å². The van der Waals surface area contributed by atoms with E-state index in [1.165, 1.54) is 27.8 Å². The minimum Gasteiger partial charge on any atom is -0.449 e. The van der Waals surface area contributed by atoms with E-state index in [0.717, 1.165) is 16.8 Å². The Bertz CT molecular complexity index is 1270. The van der Waals surface area contributed by atoms with Crippen LogP contribution in [0.4, 0.5) is 4.79 Å². The van der Waals surface area contributed by atoms with E-state index in [1.807, 2.05) is 43.5 Å². The van der Waals surface area contributed by atoms with Crippen LogP contribution >= 0.6 is 0 Å². The number of carbonyl (C=O) groups excluding carboxylic acids is 1. The zero-order valence-electron chi connectivity index (χ0n) is 19.5. The maximum Gasteiger partial charge on any atom is 0.407 e. The molecule has 0 unspecified atom stereocenters. The molecule has 1 aromatic heterocycles. The highest BCUT2D eigenvalue weighted by atomic mass is 16.5. The predicted octanol–water partition coefficient (Wildman–Crippen LogP) is 6.53. The van der Waals surface area contributed by atoms with E-state index in [1.54, 1.807) is 0 Å². The van der Waals surface area contributed by atoms with Crippen molar-refractivity contribution in [1.29, 1.82) is 0 Å². The fourth-order valence-corrected chi connectivity index (χ4v) is 4.81. The van der Waals surface area contributed by atoms with E-state index in [4.69, 9.17) is 4.74 Å². The van der Waals surface area contributed by atoms with Gasteiger partial charge < -0.3 is 10.1 Å². The number of aryl methyl sites for hydroxylation is 1. The monoisotopic (exact) mass is 448 g/mol. The van der Waals surface area contributed by atoms with E-state index in [0.29, 0.717) is 13.0 Å². The number of hydrogen-bond acceptors (Lipinski definition) is 3. The van der Waals surface area contributed by atoms with Crippen LogP contribution in [0.5, 0.6) is 0 Å². The molecule has 1 aliphatic carbocycles. The van der Waals surface area contributed by atoms with Gasteiger partial charge in [-0.3, -0.25) is 4.98 Å². The van der Waals surface area contributed by atoms with Crippen molar-refractivity contribution < 1.29 is 9.53 Å². The molecule has 0 spiro atoms. The maximum atomic E-state index is 12.6. The molecule has 0 radical (unpaired) electrons. The zero-order chi connectivity index (χ0) is 23.5. The molecule has 4 aromatic rings. The van der Waals surface area contributed by atoms with E-state index < -0.39 is 0 Å². The molecule has 1 atom stereocenters. The molecule has 3 aromatic carbocycles. The molecule has 1 aliphatic rings. The Hall–Kier alpha value is -3.92. The minimum atomic E-state index is -0.390. The Morgan fingerprint density at radius 3 is 2.12 bits per heavy atom. The Morgan fingerprint density at radius 1 is 0.882 bits per heavy atom. The van der Waals surface area contributed by atoms with Crippen molar-refractivity contribution in [2.24, 2.45) is 0 Å². The predicted molar refractivity (Wildman–Crippen MR) is 136 cm³/mol. The van der Waals surface area contributed by atoms with Crippen LogP contribution in [0.25, 0.3) is 22.4 Å². The Balaban J connectivity index is 1.18. The fraction of sp³-hybridized carbons (Fsp3) is 0.200. The number of hydrogen-bond donors (Lipinski definition) is 1. The summed E-state index contributed by atoms with van der Waals surface area (Å²) >= 11 is 0. The summed E-state index contributed by atoms with van der Waals surface area (Å²) in [7, 11) is 0. The fourth-order valence-electron chi connectivity index (χ4n) is 4.81. The van der Waals surface area contributed by atoms with Crippen molar-refractivity contribution in [2.75, 3.05) is 6.61 Å². The van der Waals surface area contributed by atoms with Crippen molar-refractivity contribution in [3.63, 3.8) is 0 Å². The van der Waals surface area contributed by atoms with Crippen molar-refractivity contribution in [2.45, 2.75) is 32.2 Å². The maximum absolute atomic E-state index is 12.6. The molecule has 1 N–H and O–H groups in total. The first kappa shape index (κ1) is 21.9. The van der Waals surface area contributed by atoms with Gasteiger partial charge in [0.25, 0.3) is 0 Å². The van der Waals surface area contributed by atoms with E-state index in [-0.39, 0.29) is 18.1 Å². The average molecular weight is 449 g/mol. The van der Waals surface area contributed by atoms with Crippen molar-refractivity contribution in [3.05, 3.63) is 113 Å². The quantitative estimate of drug-likeness (QED) is 0.365. The highest BCUT2D eigenvalue weighted by molar-refractivity contribution is 5.79. The van der Waals surface area contributed by atoms with Crippen molar-refractivity contribution >= 4 is 6.09 Å². The van der Waals surface area contributed by atoms with E-state index >= 15 is 0 Å². The number of pyridine rings is 1. The molecule has 5 rings (SSSR count). The van der Waals surface area contributed by atoms with Gasteiger partial charge in [0, 0.05) is 23.7 Å². The summed E-state index contributed by atoms with van der Waals surface area (Å²) < 4.78 is 5.67. The van der Waals surface area contributed by atoms with Crippen LogP contribution in [0, 0.1) is 6.92 Å². The third-order valence-corrected chi connectivity index (χ3v) is 6.50. The molecule has 1 heterocycles. The first-order valence-electron chi connectivity index (χ1n) is 11.7. The van der Waals surface area contributed by atoms with Gasteiger partial charge in [0.2, 0.25) is 0 Å². The van der Waals surface area contributed by atoms with Gasteiger partial charge in [0.1, 0.15) is 6.61 Å². The number of amides is 1. The van der Waals surface area contributed by atoms with Crippen LogP contribution in [0.2, 0.25) is 0 Å². The second-order valence-electron chi connectivity index (χ2n) is 8.94. The molecule has 0 saturated heterocycles. The van der Waals surface area contributed by atoms with Gasteiger partial charge in [-0.15, -0.1) is 0 Å². The summed E-state index contributed by atoms with van der Waals surface area (Å²) in [6.07, 6.45) is 2.18. The number of carbonyl (C=O) groups is 1. The number of nitrogens with one attached hydrogen (secondary N) is 1. The highest BCUT2D eigenvalue weighted by Crippen LogP contribution is 2.44. The van der Waals surface area contributed by atoms with Crippen LogP contribution in [-0.2, 0) is 11.2 Å². The molecule has 0 saturated carbocycles. The van der Waals surface area contributed by atoms with Gasteiger partial charge >= 0.3 is 6.09 Å². The SMILES string of the molecule is Cc1ccccc1-c1ccc(C[C@@H](C)NC(=O)OCC2c3ccccc3-c3ccccc32)cn1. The molecule has 170 valence electrons. The summed E-state index contributed by atoms with van der Waals surface area (Å²) in [4.78, 5) is 17.2.